The van der Waals surface area contributed by atoms with Crippen LogP contribution in [0.5, 0.6) is 0 Å². The Kier molecular flexibility index (Phi) is 5.00. The summed E-state index contributed by atoms with van der Waals surface area (Å²) in [5.74, 6) is 0.165. The Bertz CT molecular complexity index is 868. The number of fused-ring (bicyclic) bond motifs is 1. The van der Waals surface area contributed by atoms with Crippen LogP contribution in [0.3, 0.4) is 0 Å². The Morgan fingerprint density at radius 2 is 1.82 bits per heavy atom. The molecule has 1 aromatic heterocycles. The third kappa shape index (κ3) is 3.84. The lowest BCUT2D eigenvalue weighted by Gasteiger charge is -2.37. The van der Waals surface area contributed by atoms with Crippen LogP contribution in [0.4, 0.5) is 19.0 Å². The van der Waals surface area contributed by atoms with Crippen LogP contribution in [0.1, 0.15) is 29.7 Å². The number of hydrogen-bond donors (Lipinski definition) is 0. The van der Waals surface area contributed by atoms with Crippen LogP contribution in [-0.4, -0.2) is 35.4 Å². The van der Waals surface area contributed by atoms with Gasteiger partial charge in [-0.25, -0.2) is 4.98 Å². The summed E-state index contributed by atoms with van der Waals surface area (Å²) in [6.45, 7) is 2.31. The van der Waals surface area contributed by atoms with Gasteiger partial charge in [0.25, 0.3) is 0 Å². The van der Waals surface area contributed by atoms with Gasteiger partial charge in [-0.3, -0.25) is 4.79 Å². The number of hydrogen-bond acceptors (Lipinski definition) is 3. The predicted molar refractivity (Wildman–Crippen MR) is 99.7 cm³/mol. The Morgan fingerprint density at radius 1 is 1.04 bits per heavy atom. The summed E-state index contributed by atoms with van der Waals surface area (Å²) < 4.78 is 38.9. The lowest BCUT2D eigenvalue weighted by molar-refractivity contribution is -0.141. The van der Waals surface area contributed by atoms with Gasteiger partial charge in [-0.15, -0.1) is 0 Å². The molecule has 0 bridgehead atoms. The third-order valence-corrected chi connectivity index (χ3v) is 5.56. The second-order valence-electron chi connectivity index (χ2n) is 7.44. The number of anilines is 1. The number of nitrogens with zero attached hydrogens (tertiary/aromatic N) is 3. The fourth-order valence-corrected chi connectivity index (χ4v) is 4.09. The van der Waals surface area contributed by atoms with Crippen molar-refractivity contribution in [2.75, 3.05) is 24.5 Å². The largest absolute Gasteiger partial charge is 0.433 e. The SMILES string of the molecule is O=C(C1CCCN(c2cccc(C(F)(F)F)n2)C1)N1CCc2ccccc2C1. The molecule has 1 aromatic carbocycles. The highest BCUT2D eigenvalue weighted by molar-refractivity contribution is 5.80. The van der Waals surface area contributed by atoms with Gasteiger partial charge >= 0.3 is 6.18 Å². The molecule has 2 aliphatic heterocycles. The van der Waals surface area contributed by atoms with Crippen LogP contribution < -0.4 is 4.90 Å². The van der Waals surface area contributed by atoms with Gasteiger partial charge in [0.05, 0.1) is 5.92 Å². The third-order valence-electron chi connectivity index (χ3n) is 5.56. The number of carbonyl (C=O) groups is 1. The maximum absolute atomic E-state index is 13.1. The Balaban J connectivity index is 1.46. The summed E-state index contributed by atoms with van der Waals surface area (Å²) in [4.78, 5) is 20.5. The van der Waals surface area contributed by atoms with E-state index in [1.54, 1.807) is 11.0 Å². The van der Waals surface area contributed by atoms with E-state index in [4.69, 9.17) is 0 Å². The molecule has 1 atom stereocenters. The molecule has 4 nitrogen and oxygen atoms in total. The minimum absolute atomic E-state index is 0.0891. The Hall–Kier alpha value is -2.57. The maximum Gasteiger partial charge on any atom is 0.433 e. The monoisotopic (exact) mass is 389 g/mol. The van der Waals surface area contributed by atoms with E-state index >= 15 is 0 Å². The fourth-order valence-electron chi connectivity index (χ4n) is 4.09. The van der Waals surface area contributed by atoms with Gasteiger partial charge in [-0.05, 0) is 42.5 Å². The number of benzene rings is 1. The molecule has 1 fully saturated rings. The summed E-state index contributed by atoms with van der Waals surface area (Å²) in [7, 11) is 0. The molecule has 148 valence electrons. The lowest BCUT2D eigenvalue weighted by atomic mass is 9.94. The van der Waals surface area contributed by atoms with Gasteiger partial charge in [0.1, 0.15) is 11.5 Å². The van der Waals surface area contributed by atoms with E-state index in [2.05, 4.69) is 17.1 Å². The highest BCUT2D eigenvalue weighted by atomic mass is 19.4. The molecular formula is C21H22F3N3O. The first-order chi connectivity index (χ1) is 13.4. The molecule has 2 aromatic rings. The molecule has 1 unspecified atom stereocenters. The molecule has 0 saturated carbocycles. The molecule has 28 heavy (non-hydrogen) atoms. The zero-order valence-electron chi connectivity index (χ0n) is 15.5. The summed E-state index contributed by atoms with van der Waals surface area (Å²) in [6, 6.07) is 12.1. The van der Waals surface area contributed by atoms with Gasteiger partial charge in [-0.2, -0.15) is 13.2 Å². The number of alkyl halides is 3. The zero-order valence-corrected chi connectivity index (χ0v) is 15.5. The van der Waals surface area contributed by atoms with E-state index in [9.17, 15) is 18.0 Å². The van der Waals surface area contributed by atoms with Crippen molar-refractivity contribution < 1.29 is 18.0 Å². The van der Waals surface area contributed by atoms with E-state index in [0.29, 0.717) is 26.2 Å². The zero-order chi connectivity index (χ0) is 19.7. The van der Waals surface area contributed by atoms with Crippen LogP contribution in [0.25, 0.3) is 0 Å². The smallest absolute Gasteiger partial charge is 0.356 e. The van der Waals surface area contributed by atoms with Gasteiger partial charge in [0.15, 0.2) is 0 Å². The second kappa shape index (κ2) is 7.45. The number of aromatic nitrogens is 1. The van der Waals surface area contributed by atoms with Gasteiger partial charge in [-0.1, -0.05) is 30.3 Å². The van der Waals surface area contributed by atoms with Crippen LogP contribution in [0, 0.1) is 5.92 Å². The van der Waals surface area contributed by atoms with Crippen molar-refractivity contribution in [1.29, 1.82) is 0 Å². The molecule has 0 radical (unpaired) electrons. The molecule has 0 spiro atoms. The molecule has 0 aliphatic carbocycles. The summed E-state index contributed by atoms with van der Waals surface area (Å²) in [6.07, 6.45) is -2.11. The van der Waals surface area contributed by atoms with E-state index in [1.165, 1.54) is 17.2 Å². The minimum Gasteiger partial charge on any atom is -0.356 e. The number of pyridine rings is 1. The number of halogens is 3. The summed E-state index contributed by atoms with van der Waals surface area (Å²) >= 11 is 0. The molecule has 2 aliphatic rings. The van der Waals surface area contributed by atoms with Crippen molar-refractivity contribution >= 4 is 11.7 Å². The number of carbonyl (C=O) groups excluding carboxylic acids is 1. The molecule has 3 heterocycles. The van der Waals surface area contributed by atoms with Crippen LogP contribution in [0.15, 0.2) is 42.5 Å². The van der Waals surface area contributed by atoms with Gasteiger partial charge < -0.3 is 9.80 Å². The van der Waals surface area contributed by atoms with Gasteiger partial charge in [0, 0.05) is 26.2 Å². The normalized spacial score (nSPS) is 20.0. The Labute approximate surface area is 162 Å². The first-order valence-corrected chi connectivity index (χ1v) is 9.56. The average Bonchev–Trinajstić information content (AvgIpc) is 2.72. The van der Waals surface area contributed by atoms with Crippen molar-refractivity contribution in [2.45, 2.75) is 32.0 Å². The minimum atomic E-state index is -4.47. The standard InChI is InChI=1S/C21H22F3N3O/c22-21(23,24)18-8-3-9-19(25-18)26-11-4-7-17(14-26)20(28)27-12-10-15-5-1-2-6-16(15)13-27/h1-3,5-6,8-9,17H,4,7,10-14H2. The van der Waals surface area contributed by atoms with Crippen LogP contribution in [0.2, 0.25) is 0 Å². The van der Waals surface area contributed by atoms with Gasteiger partial charge in [0.2, 0.25) is 5.91 Å². The number of rotatable bonds is 2. The topological polar surface area (TPSA) is 36.4 Å². The average molecular weight is 389 g/mol. The van der Waals surface area contributed by atoms with E-state index < -0.39 is 11.9 Å². The second-order valence-corrected chi connectivity index (χ2v) is 7.44. The first-order valence-electron chi connectivity index (χ1n) is 9.56. The summed E-state index contributed by atoms with van der Waals surface area (Å²) in [5, 5.41) is 0. The van der Waals surface area contributed by atoms with Crippen molar-refractivity contribution in [3.05, 3.63) is 59.3 Å². The lowest BCUT2D eigenvalue weighted by Crippen LogP contribution is -2.46. The van der Waals surface area contributed by atoms with Crippen LogP contribution in [-0.2, 0) is 23.9 Å². The van der Waals surface area contributed by atoms with E-state index in [1.807, 2.05) is 17.0 Å². The van der Waals surface area contributed by atoms with Crippen molar-refractivity contribution in [3.63, 3.8) is 0 Å². The molecule has 1 amide bonds. The summed E-state index contributed by atoms with van der Waals surface area (Å²) in [5.41, 5.74) is 1.56. The molecule has 4 rings (SSSR count). The Morgan fingerprint density at radius 3 is 2.61 bits per heavy atom. The molecular weight excluding hydrogens is 367 g/mol. The number of piperidine rings is 1. The van der Waals surface area contributed by atoms with E-state index in [0.717, 1.165) is 25.3 Å². The maximum atomic E-state index is 13.1. The van der Waals surface area contributed by atoms with Crippen molar-refractivity contribution in [2.24, 2.45) is 5.92 Å². The van der Waals surface area contributed by atoms with Crippen molar-refractivity contribution in [1.82, 2.24) is 9.88 Å². The van der Waals surface area contributed by atoms with Crippen LogP contribution >= 0.6 is 0 Å². The number of amides is 1. The van der Waals surface area contributed by atoms with E-state index in [-0.39, 0.29) is 17.6 Å². The predicted octanol–water partition coefficient (Wildman–Crippen LogP) is 3.90. The highest BCUT2D eigenvalue weighted by Gasteiger charge is 2.34. The van der Waals surface area contributed by atoms with Crippen molar-refractivity contribution in [3.8, 4) is 0 Å². The highest BCUT2D eigenvalue weighted by Crippen LogP contribution is 2.31. The first kappa shape index (κ1) is 18.8. The molecule has 0 N–H and O–H groups in total. The molecule has 7 heteroatoms. The fraction of sp³-hybridized carbons (Fsp3) is 0.429. The molecule has 1 saturated heterocycles. The quantitative estimate of drug-likeness (QED) is 0.782.